The van der Waals surface area contributed by atoms with Crippen molar-refractivity contribution in [3.8, 4) is 0 Å². The van der Waals surface area contributed by atoms with Crippen LogP contribution >= 0.6 is 15.9 Å². The summed E-state index contributed by atoms with van der Waals surface area (Å²) in [5, 5.41) is 9.37. The van der Waals surface area contributed by atoms with E-state index < -0.39 is 0 Å². The minimum Gasteiger partial charge on any atom is -0.396 e. The third kappa shape index (κ3) is 2.82. The minimum absolute atomic E-state index is 0.0998. The smallest absolute Gasteiger partial charge is 0.0504 e. The number of aliphatic hydroxyl groups excluding tert-OH is 1. The number of hydrogen-bond donors (Lipinski definition) is 1. The minimum atomic E-state index is 0.0998. The molecule has 0 spiro atoms. The zero-order valence-electron chi connectivity index (χ0n) is 8.92. The third-order valence-electron chi connectivity index (χ3n) is 2.50. The molecule has 1 rings (SSSR count). The van der Waals surface area contributed by atoms with E-state index in [0.29, 0.717) is 0 Å². The molecule has 1 unspecified atom stereocenters. The molecule has 0 saturated carbocycles. The number of rotatable bonds is 2. The van der Waals surface area contributed by atoms with Gasteiger partial charge in [-0.2, -0.15) is 0 Å². The van der Waals surface area contributed by atoms with Crippen LogP contribution in [0.5, 0.6) is 0 Å². The maximum atomic E-state index is 9.37. The Morgan fingerprint density at radius 3 is 2.07 bits per heavy atom. The Morgan fingerprint density at radius 2 is 1.71 bits per heavy atom. The monoisotopic (exact) mass is 256 g/mol. The molecule has 0 bridgehead atoms. The summed E-state index contributed by atoms with van der Waals surface area (Å²) in [6.45, 7) is 6.65. The maximum absolute atomic E-state index is 9.37. The van der Waals surface area contributed by atoms with E-state index in [2.05, 4.69) is 48.8 Å². The van der Waals surface area contributed by atoms with Gasteiger partial charge in [-0.15, -0.1) is 0 Å². The lowest BCUT2D eigenvalue weighted by molar-refractivity contribution is 0.187. The van der Waals surface area contributed by atoms with Gasteiger partial charge >= 0.3 is 0 Å². The van der Waals surface area contributed by atoms with Crippen molar-refractivity contribution in [2.75, 3.05) is 6.61 Å². The average Bonchev–Trinajstić information content (AvgIpc) is 2.07. The highest BCUT2D eigenvalue weighted by molar-refractivity contribution is 9.10. The van der Waals surface area contributed by atoms with Crippen molar-refractivity contribution in [3.05, 3.63) is 34.3 Å². The molecule has 14 heavy (non-hydrogen) atoms. The molecule has 1 aromatic carbocycles. The summed E-state index contributed by atoms with van der Waals surface area (Å²) in [5.74, 6) is 0.204. The van der Waals surface area contributed by atoms with Crippen LogP contribution in [0, 0.1) is 5.41 Å². The SMILES string of the molecule is CC(C)(C)C(CO)c1ccc(Br)cc1. The number of halogens is 1. The van der Waals surface area contributed by atoms with Crippen LogP contribution in [0.25, 0.3) is 0 Å². The van der Waals surface area contributed by atoms with Gasteiger partial charge in [0.05, 0.1) is 6.61 Å². The molecule has 1 nitrogen and oxygen atoms in total. The Labute approximate surface area is 94.3 Å². The fourth-order valence-electron chi connectivity index (χ4n) is 1.57. The van der Waals surface area contributed by atoms with Crippen LogP contribution in [0.15, 0.2) is 28.7 Å². The van der Waals surface area contributed by atoms with Crippen LogP contribution in [-0.2, 0) is 0 Å². The normalized spacial score (nSPS) is 14.1. The fraction of sp³-hybridized carbons (Fsp3) is 0.500. The van der Waals surface area contributed by atoms with Crippen LogP contribution < -0.4 is 0 Å². The first-order valence-electron chi connectivity index (χ1n) is 4.81. The fourth-order valence-corrected chi connectivity index (χ4v) is 1.84. The lowest BCUT2D eigenvalue weighted by Crippen LogP contribution is -2.21. The van der Waals surface area contributed by atoms with E-state index in [1.807, 2.05) is 12.1 Å². The maximum Gasteiger partial charge on any atom is 0.0504 e. The highest BCUT2D eigenvalue weighted by atomic mass is 79.9. The van der Waals surface area contributed by atoms with Gasteiger partial charge in [-0.1, -0.05) is 48.8 Å². The molecule has 0 aliphatic heterocycles. The summed E-state index contributed by atoms with van der Waals surface area (Å²) in [6, 6.07) is 8.17. The molecule has 0 aliphatic carbocycles. The summed E-state index contributed by atoms with van der Waals surface area (Å²) in [5.41, 5.74) is 1.30. The molecule has 0 aromatic heterocycles. The van der Waals surface area contributed by atoms with Gasteiger partial charge in [0.15, 0.2) is 0 Å². The molecule has 0 saturated heterocycles. The van der Waals surface area contributed by atoms with E-state index in [4.69, 9.17) is 0 Å². The Kier molecular flexibility index (Phi) is 3.73. The van der Waals surface area contributed by atoms with E-state index in [1.165, 1.54) is 5.56 Å². The highest BCUT2D eigenvalue weighted by Crippen LogP contribution is 2.34. The summed E-state index contributed by atoms with van der Waals surface area (Å²) >= 11 is 3.40. The zero-order chi connectivity index (χ0) is 10.8. The van der Waals surface area contributed by atoms with Crippen molar-refractivity contribution in [3.63, 3.8) is 0 Å². The molecule has 1 atom stereocenters. The van der Waals surface area contributed by atoms with Crippen molar-refractivity contribution in [1.29, 1.82) is 0 Å². The summed E-state index contributed by atoms with van der Waals surface area (Å²) in [6.07, 6.45) is 0. The van der Waals surface area contributed by atoms with E-state index in [9.17, 15) is 5.11 Å². The molecule has 0 amide bonds. The van der Waals surface area contributed by atoms with Crippen LogP contribution in [0.1, 0.15) is 32.3 Å². The molecular formula is C12H17BrO. The molecule has 78 valence electrons. The van der Waals surface area contributed by atoms with Crippen molar-refractivity contribution in [1.82, 2.24) is 0 Å². The van der Waals surface area contributed by atoms with Crippen molar-refractivity contribution < 1.29 is 5.11 Å². The second-order valence-electron chi connectivity index (χ2n) is 4.65. The van der Waals surface area contributed by atoms with Gasteiger partial charge in [0.2, 0.25) is 0 Å². The predicted molar refractivity (Wildman–Crippen MR) is 63.4 cm³/mol. The first kappa shape index (κ1) is 11.7. The molecule has 0 aliphatic rings. The molecule has 0 fully saturated rings. The van der Waals surface area contributed by atoms with Crippen LogP contribution in [0.2, 0.25) is 0 Å². The van der Waals surface area contributed by atoms with Gasteiger partial charge in [-0.25, -0.2) is 0 Å². The summed E-state index contributed by atoms with van der Waals surface area (Å²) in [4.78, 5) is 0. The van der Waals surface area contributed by atoms with Gasteiger partial charge in [-0.3, -0.25) is 0 Å². The second kappa shape index (κ2) is 4.45. The van der Waals surface area contributed by atoms with Crippen molar-refractivity contribution >= 4 is 15.9 Å². The summed E-state index contributed by atoms with van der Waals surface area (Å²) in [7, 11) is 0. The average molecular weight is 257 g/mol. The third-order valence-corrected chi connectivity index (χ3v) is 3.03. The molecule has 2 heteroatoms. The Morgan fingerprint density at radius 1 is 1.21 bits per heavy atom. The van der Waals surface area contributed by atoms with Crippen LogP contribution in [-0.4, -0.2) is 11.7 Å². The van der Waals surface area contributed by atoms with E-state index in [0.717, 1.165) is 4.47 Å². The Hall–Kier alpha value is -0.340. The lowest BCUT2D eigenvalue weighted by atomic mass is 9.77. The first-order valence-corrected chi connectivity index (χ1v) is 5.61. The van der Waals surface area contributed by atoms with Crippen molar-refractivity contribution in [2.45, 2.75) is 26.7 Å². The standard InChI is InChI=1S/C12H17BrO/c1-12(2,3)11(8-14)9-4-6-10(13)7-5-9/h4-7,11,14H,8H2,1-3H3. The quantitative estimate of drug-likeness (QED) is 0.858. The zero-order valence-corrected chi connectivity index (χ0v) is 10.5. The molecule has 0 heterocycles. The van der Waals surface area contributed by atoms with Crippen LogP contribution in [0.3, 0.4) is 0 Å². The van der Waals surface area contributed by atoms with Gasteiger partial charge in [0.25, 0.3) is 0 Å². The number of hydrogen-bond acceptors (Lipinski definition) is 1. The molecule has 0 radical (unpaired) electrons. The topological polar surface area (TPSA) is 20.2 Å². The second-order valence-corrected chi connectivity index (χ2v) is 5.57. The summed E-state index contributed by atoms with van der Waals surface area (Å²) < 4.78 is 1.08. The number of benzene rings is 1. The van der Waals surface area contributed by atoms with Gasteiger partial charge < -0.3 is 5.11 Å². The van der Waals surface area contributed by atoms with E-state index in [-0.39, 0.29) is 17.9 Å². The number of aliphatic hydroxyl groups is 1. The molecule has 1 aromatic rings. The molecular weight excluding hydrogens is 240 g/mol. The van der Waals surface area contributed by atoms with Gasteiger partial charge in [0, 0.05) is 10.4 Å². The Balaban J connectivity index is 2.96. The largest absolute Gasteiger partial charge is 0.396 e. The lowest BCUT2D eigenvalue weighted by Gasteiger charge is -2.29. The van der Waals surface area contributed by atoms with E-state index >= 15 is 0 Å². The first-order chi connectivity index (χ1) is 6.45. The van der Waals surface area contributed by atoms with Crippen LogP contribution in [0.4, 0.5) is 0 Å². The van der Waals surface area contributed by atoms with Gasteiger partial charge in [-0.05, 0) is 23.1 Å². The Bertz CT molecular complexity index is 284. The molecule has 1 N–H and O–H groups in total. The van der Waals surface area contributed by atoms with E-state index in [1.54, 1.807) is 0 Å². The van der Waals surface area contributed by atoms with Crippen molar-refractivity contribution in [2.24, 2.45) is 5.41 Å². The van der Waals surface area contributed by atoms with Gasteiger partial charge in [0.1, 0.15) is 0 Å². The predicted octanol–water partition coefficient (Wildman–Crippen LogP) is 3.57. The highest BCUT2D eigenvalue weighted by Gasteiger charge is 2.25.